The van der Waals surface area contributed by atoms with E-state index in [1.807, 2.05) is 6.92 Å². The van der Waals surface area contributed by atoms with Gasteiger partial charge in [0.2, 0.25) is 0 Å². The molecule has 7 heteroatoms. The lowest BCUT2D eigenvalue weighted by Crippen LogP contribution is -2.31. The van der Waals surface area contributed by atoms with Gasteiger partial charge >= 0.3 is 0 Å². The highest BCUT2D eigenvalue weighted by atomic mass is 35.5. The number of aromatic nitrogens is 4. The zero-order valence-corrected chi connectivity index (χ0v) is 12.2. The quantitative estimate of drug-likeness (QED) is 0.844. The summed E-state index contributed by atoms with van der Waals surface area (Å²) in [6.07, 6.45) is 5.92. The van der Waals surface area contributed by atoms with Gasteiger partial charge in [-0.3, -0.25) is 0 Å². The zero-order chi connectivity index (χ0) is 14.2. The van der Waals surface area contributed by atoms with Gasteiger partial charge in [-0.15, -0.1) is 0 Å². The summed E-state index contributed by atoms with van der Waals surface area (Å²) >= 11 is 6.13. The minimum atomic E-state index is -0.0326. The number of aliphatic hydroxyl groups is 1. The maximum Gasteiger partial charge on any atom is 0.255 e. The molecule has 0 bridgehead atoms. The number of rotatable bonds is 4. The lowest BCUT2D eigenvalue weighted by Gasteiger charge is -2.27. The number of anilines is 1. The van der Waals surface area contributed by atoms with Crippen molar-refractivity contribution in [2.24, 2.45) is 5.41 Å². The van der Waals surface area contributed by atoms with E-state index in [0.717, 1.165) is 24.2 Å². The van der Waals surface area contributed by atoms with Gasteiger partial charge in [-0.25, -0.2) is 0 Å². The third kappa shape index (κ3) is 2.23. The molecule has 0 atom stereocenters. The van der Waals surface area contributed by atoms with Crippen molar-refractivity contribution in [3.8, 4) is 0 Å². The molecule has 0 aliphatic heterocycles. The molecular formula is C13H18ClN5O. The van der Waals surface area contributed by atoms with Gasteiger partial charge < -0.3 is 10.4 Å². The van der Waals surface area contributed by atoms with Crippen molar-refractivity contribution in [1.29, 1.82) is 0 Å². The molecule has 20 heavy (non-hydrogen) atoms. The van der Waals surface area contributed by atoms with Crippen LogP contribution in [-0.4, -0.2) is 37.8 Å². The van der Waals surface area contributed by atoms with Gasteiger partial charge in [-0.1, -0.05) is 24.4 Å². The van der Waals surface area contributed by atoms with Gasteiger partial charge in [-0.05, 0) is 19.8 Å². The molecule has 0 unspecified atom stereocenters. The average Bonchev–Trinajstić information content (AvgIpc) is 3.09. The Bertz CT molecular complexity index is 620. The van der Waals surface area contributed by atoms with E-state index in [4.69, 9.17) is 11.6 Å². The van der Waals surface area contributed by atoms with E-state index in [-0.39, 0.29) is 12.0 Å². The molecule has 0 saturated heterocycles. The molecule has 2 aromatic rings. The Morgan fingerprint density at radius 2 is 2.20 bits per heavy atom. The molecule has 0 amide bonds. The van der Waals surface area contributed by atoms with Gasteiger partial charge in [0, 0.05) is 17.5 Å². The van der Waals surface area contributed by atoms with E-state index in [1.54, 1.807) is 4.52 Å². The van der Waals surface area contributed by atoms with Crippen LogP contribution < -0.4 is 5.32 Å². The second-order valence-electron chi connectivity index (χ2n) is 5.57. The molecule has 1 fully saturated rings. The van der Waals surface area contributed by atoms with Crippen molar-refractivity contribution in [3.63, 3.8) is 0 Å². The summed E-state index contributed by atoms with van der Waals surface area (Å²) in [7, 11) is 0. The number of hydrogen-bond donors (Lipinski definition) is 2. The number of aliphatic hydroxyl groups excluding tert-OH is 1. The summed E-state index contributed by atoms with van der Waals surface area (Å²) in [5, 5.41) is 17.7. The fraction of sp³-hybridized carbons (Fsp3) is 0.615. The Labute approximate surface area is 122 Å². The predicted octanol–water partition coefficient (Wildman–Crippen LogP) is 2.05. The van der Waals surface area contributed by atoms with Crippen molar-refractivity contribution >= 4 is 23.2 Å². The predicted molar refractivity (Wildman–Crippen MR) is 77.0 cm³/mol. The van der Waals surface area contributed by atoms with Crippen molar-refractivity contribution < 1.29 is 5.11 Å². The van der Waals surface area contributed by atoms with E-state index in [1.165, 1.54) is 19.2 Å². The molecular weight excluding hydrogens is 278 g/mol. The Hall–Kier alpha value is -1.40. The minimum absolute atomic E-state index is 0.0326. The first kappa shape index (κ1) is 13.6. The molecule has 0 radical (unpaired) electrons. The van der Waals surface area contributed by atoms with Crippen molar-refractivity contribution in [2.45, 2.75) is 32.6 Å². The first-order valence-electron chi connectivity index (χ1n) is 6.86. The number of fused-ring (bicyclic) bond motifs is 1. The molecule has 2 heterocycles. The van der Waals surface area contributed by atoms with Gasteiger partial charge in [-0.2, -0.15) is 19.6 Å². The van der Waals surface area contributed by atoms with Crippen LogP contribution in [0, 0.1) is 12.3 Å². The summed E-state index contributed by atoms with van der Waals surface area (Å²) in [6, 6.07) is 0. The number of hydrogen-bond acceptors (Lipinski definition) is 5. The number of nitrogens with one attached hydrogen (secondary N) is 1. The summed E-state index contributed by atoms with van der Waals surface area (Å²) in [5.74, 6) is 1.28. The van der Waals surface area contributed by atoms with Crippen LogP contribution in [0.4, 0.5) is 5.82 Å². The topological polar surface area (TPSA) is 75.3 Å². The van der Waals surface area contributed by atoms with E-state index in [2.05, 4.69) is 20.4 Å². The second-order valence-corrected chi connectivity index (χ2v) is 5.92. The fourth-order valence-electron chi connectivity index (χ4n) is 2.89. The molecule has 2 N–H and O–H groups in total. The molecule has 1 saturated carbocycles. The van der Waals surface area contributed by atoms with Crippen LogP contribution in [0.5, 0.6) is 0 Å². The molecule has 0 spiro atoms. The summed E-state index contributed by atoms with van der Waals surface area (Å²) in [5.41, 5.74) is 0.811. The standard InChI is InChI=1S/C13H18ClN5O/c1-9-10(14)18-12-16-8-17-19(12)11(9)15-6-13(7-20)4-2-3-5-13/h8,15,20H,2-7H2,1H3. The van der Waals surface area contributed by atoms with Crippen LogP contribution >= 0.6 is 11.6 Å². The molecule has 2 aromatic heterocycles. The summed E-state index contributed by atoms with van der Waals surface area (Å²) in [6.45, 7) is 2.82. The lowest BCUT2D eigenvalue weighted by molar-refractivity contribution is 0.142. The number of nitrogens with zero attached hydrogens (tertiary/aromatic N) is 4. The van der Waals surface area contributed by atoms with Crippen LogP contribution in [0.2, 0.25) is 5.15 Å². The van der Waals surface area contributed by atoms with Crippen molar-refractivity contribution in [2.75, 3.05) is 18.5 Å². The van der Waals surface area contributed by atoms with E-state index in [0.29, 0.717) is 17.5 Å². The van der Waals surface area contributed by atoms with Crippen molar-refractivity contribution in [1.82, 2.24) is 19.6 Å². The van der Waals surface area contributed by atoms with Crippen LogP contribution in [0.3, 0.4) is 0 Å². The normalized spacial score (nSPS) is 17.8. The third-order valence-electron chi connectivity index (χ3n) is 4.23. The average molecular weight is 296 g/mol. The van der Waals surface area contributed by atoms with E-state index >= 15 is 0 Å². The Morgan fingerprint density at radius 3 is 2.90 bits per heavy atom. The molecule has 1 aliphatic carbocycles. The smallest absolute Gasteiger partial charge is 0.255 e. The van der Waals surface area contributed by atoms with E-state index in [9.17, 15) is 5.11 Å². The monoisotopic (exact) mass is 295 g/mol. The van der Waals surface area contributed by atoms with E-state index < -0.39 is 0 Å². The van der Waals surface area contributed by atoms with Crippen LogP contribution in [0.1, 0.15) is 31.2 Å². The maximum absolute atomic E-state index is 9.68. The van der Waals surface area contributed by atoms with Crippen molar-refractivity contribution in [3.05, 3.63) is 17.0 Å². The summed E-state index contributed by atoms with van der Waals surface area (Å²) < 4.78 is 1.65. The Balaban J connectivity index is 1.90. The lowest BCUT2D eigenvalue weighted by atomic mass is 9.87. The molecule has 3 rings (SSSR count). The summed E-state index contributed by atoms with van der Waals surface area (Å²) in [4.78, 5) is 8.24. The van der Waals surface area contributed by atoms with Gasteiger partial charge in [0.05, 0.1) is 6.61 Å². The molecule has 1 aliphatic rings. The number of halogens is 1. The van der Waals surface area contributed by atoms with Crippen LogP contribution in [0.15, 0.2) is 6.33 Å². The minimum Gasteiger partial charge on any atom is -0.396 e. The molecule has 6 nitrogen and oxygen atoms in total. The highest BCUT2D eigenvalue weighted by molar-refractivity contribution is 6.30. The highest BCUT2D eigenvalue weighted by Crippen LogP contribution is 2.38. The third-order valence-corrected chi connectivity index (χ3v) is 4.60. The molecule has 0 aromatic carbocycles. The SMILES string of the molecule is Cc1c(Cl)nc2ncnn2c1NCC1(CO)CCCC1. The van der Waals surface area contributed by atoms with Gasteiger partial charge in [0.25, 0.3) is 5.78 Å². The van der Waals surface area contributed by atoms with Crippen LogP contribution in [0.25, 0.3) is 5.78 Å². The highest BCUT2D eigenvalue weighted by Gasteiger charge is 2.33. The maximum atomic E-state index is 9.68. The van der Waals surface area contributed by atoms with Gasteiger partial charge in [0.15, 0.2) is 0 Å². The first-order chi connectivity index (χ1) is 9.65. The van der Waals surface area contributed by atoms with Gasteiger partial charge in [0.1, 0.15) is 17.3 Å². The molecule has 108 valence electrons. The zero-order valence-electron chi connectivity index (χ0n) is 11.4. The first-order valence-corrected chi connectivity index (χ1v) is 7.24. The Kier molecular flexibility index (Phi) is 3.52. The second kappa shape index (κ2) is 5.18. The fourth-order valence-corrected chi connectivity index (χ4v) is 3.06. The Morgan fingerprint density at radius 1 is 1.45 bits per heavy atom. The van der Waals surface area contributed by atoms with Crippen LogP contribution in [-0.2, 0) is 0 Å². The largest absolute Gasteiger partial charge is 0.396 e.